The summed E-state index contributed by atoms with van der Waals surface area (Å²) in [6.45, 7) is 7.00. The molecule has 0 amide bonds. The maximum atomic E-state index is 5.67. The van der Waals surface area contributed by atoms with Crippen molar-refractivity contribution in [1.82, 2.24) is 5.32 Å². The summed E-state index contributed by atoms with van der Waals surface area (Å²) in [6.07, 6.45) is 13.1. The zero-order valence-corrected chi connectivity index (χ0v) is 13.7. The Labute approximate surface area is 134 Å². The molecule has 1 N–H and O–H groups in total. The van der Waals surface area contributed by atoms with Crippen LogP contribution in [0.2, 0.25) is 0 Å². The second kappa shape index (κ2) is 9.26. The highest BCUT2D eigenvalue weighted by molar-refractivity contribution is 5.29. The highest BCUT2D eigenvalue weighted by atomic mass is 16.5. The van der Waals surface area contributed by atoms with Gasteiger partial charge in [0.05, 0.1) is 6.61 Å². The molecule has 0 bridgehead atoms. The van der Waals surface area contributed by atoms with Crippen LogP contribution in [0.4, 0.5) is 0 Å². The summed E-state index contributed by atoms with van der Waals surface area (Å²) in [7, 11) is 0. The fraction of sp³-hybridized carbons (Fsp3) is 0.400. The first-order valence-electron chi connectivity index (χ1n) is 8.26. The van der Waals surface area contributed by atoms with E-state index < -0.39 is 0 Å². The van der Waals surface area contributed by atoms with Gasteiger partial charge in [0.1, 0.15) is 5.75 Å². The molecule has 0 saturated carbocycles. The second-order valence-corrected chi connectivity index (χ2v) is 5.77. The van der Waals surface area contributed by atoms with Crippen molar-refractivity contribution in [3.63, 3.8) is 0 Å². The Morgan fingerprint density at radius 1 is 1.23 bits per heavy atom. The molecular weight excluding hydrogens is 270 g/mol. The van der Waals surface area contributed by atoms with Gasteiger partial charge in [-0.25, -0.2) is 0 Å². The fourth-order valence-electron chi connectivity index (χ4n) is 2.46. The summed E-state index contributed by atoms with van der Waals surface area (Å²) in [6, 6.07) is 8.35. The maximum Gasteiger partial charge on any atom is 0.119 e. The molecule has 1 aromatic carbocycles. The number of hydrogen-bond donors (Lipinski definition) is 1. The van der Waals surface area contributed by atoms with Gasteiger partial charge >= 0.3 is 0 Å². The molecule has 0 aliphatic heterocycles. The van der Waals surface area contributed by atoms with Crippen LogP contribution in [0.3, 0.4) is 0 Å². The monoisotopic (exact) mass is 297 g/mol. The number of hydrogen-bond acceptors (Lipinski definition) is 2. The summed E-state index contributed by atoms with van der Waals surface area (Å²) in [4.78, 5) is 0. The third-order valence-electron chi connectivity index (χ3n) is 3.60. The minimum atomic E-state index is 0.525. The zero-order valence-electron chi connectivity index (χ0n) is 13.7. The van der Waals surface area contributed by atoms with Crippen molar-refractivity contribution in [3.05, 3.63) is 65.8 Å². The van der Waals surface area contributed by atoms with Gasteiger partial charge in [0.15, 0.2) is 0 Å². The molecule has 2 rings (SSSR count). The van der Waals surface area contributed by atoms with E-state index in [1.165, 1.54) is 11.1 Å². The molecule has 1 aliphatic carbocycles. The minimum absolute atomic E-state index is 0.525. The molecule has 1 aliphatic rings. The highest BCUT2D eigenvalue weighted by Crippen LogP contribution is 2.15. The van der Waals surface area contributed by atoms with E-state index in [1.807, 2.05) is 6.07 Å². The van der Waals surface area contributed by atoms with E-state index in [2.05, 4.69) is 67.7 Å². The van der Waals surface area contributed by atoms with E-state index in [0.29, 0.717) is 5.92 Å². The maximum absolute atomic E-state index is 5.67. The van der Waals surface area contributed by atoms with Gasteiger partial charge in [0.2, 0.25) is 0 Å². The normalized spacial score (nSPS) is 17.2. The molecule has 22 heavy (non-hydrogen) atoms. The largest absolute Gasteiger partial charge is 0.494 e. The molecule has 2 nitrogen and oxygen atoms in total. The van der Waals surface area contributed by atoms with Crippen molar-refractivity contribution >= 4 is 0 Å². The van der Waals surface area contributed by atoms with Crippen LogP contribution in [0, 0.1) is 5.92 Å². The van der Waals surface area contributed by atoms with Crippen LogP contribution in [0.5, 0.6) is 5.75 Å². The average molecular weight is 297 g/mol. The third-order valence-corrected chi connectivity index (χ3v) is 3.60. The summed E-state index contributed by atoms with van der Waals surface area (Å²) in [5, 5.41) is 3.52. The van der Waals surface area contributed by atoms with Crippen LogP contribution < -0.4 is 10.1 Å². The van der Waals surface area contributed by atoms with E-state index >= 15 is 0 Å². The average Bonchev–Trinajstić information content (AvgIpc) is 2.74. The molecular formula is C20H27NO. The van der Waals surface area contributed by atoms with Crippen molar-refractivity contribution in [2.45, 2.75) is 33.2 Å². The van der Waals surface area contributed by atoms with Crippen LogP contribution in [-0.2, 0) is 6.54 Å². The lowest BCUT2D eigenvalue weighted by Gasteiger charge is -2.09. The summed E-state index contributed by atoms with van der Waals surface area (Å²) < 4.78 is 5.67. The molecule has 0 spiro atoms. The molecule has 0 aromatic heterocycles. The first-order chi connectivity index (χ1) is 10.8. The van der Waals surface area contributed by atoms with Crippen LogP contribution in [-0.4, -0.2) is 13.2 Å². The number of allylic oxidation sites excluding steroid dienone is 5. The van der Waals surface area contributed by atoms with E-state index in [4.69, 9.17) is 4.74 Å². The van der Waals surface area contributed by atoms with Gasteiger partial charge in [0, 0.05) is 6.54 Å². The van der Waals surface area contributed by atoms with Gasteiger partial charge in [-0.05, 0) is 43.0 Å². The molecule has 1 atom stereocenters. The van der Waals surface area contributed by atoms with E-state index in [-0.39, 0.29) is 0 Å². The van der Waals surface area contributed by atoms with Gasteiger partial charge in [-0.3, -0.25) is 0 Å². The van der Waals surface area contributed by atoms with E-state index in [9.17, 15) is 0 Å². The Bertz CT molecular complexity index is 542. The lowest BCUT2D eigenvalue weighted by Crippen LogP contribution is -2.15. The van der Waals surface area contributed by atoms with Crippen molar-refractivity contribution in [2.75, 3.05) is 13.2 Å². The summed E-state index contributed by atoms with van der Waals surface area (Å²) in [5.41, 5.74) is 2.68. The first kappa shape index (κ1) is 16.6. The molecule has 1 aromatic rings. The molecule has 0 radical (unpaired) electrons. The van der Waals surface area contributed by atoms with Gasteiger partial charge in [-0.2, -0.15) is 0 Å². The van der Waals surface area contributed by atoms with Gasteiger partial charge < -0.3 is 10.1 Å². The quantitative estimate of drug-likeness (QED) is 0.706. The molecule has 1 unspecified atom stereocenters. The fourth-order valence-corrected chi connectivity index (χ4v) is 2.46. The van der Waals surface area contributed by atoms with Crippen LogP contribution in [0.1, 0.15) is 32.3 Å². The van der Waals surface area contributed by atoms with E-state index in [1.54, 1.807) is 0 Å². The Morgan fingerprint density at radius 3 is 3.00 bits per heavy atom. The smallest absolute Gasteiger partial charge is 0.119 e. The first-order valence-corrected chi connectivity index (χ1v) is 8.26. The molecule has 0 fully saturated rings. The Hall–Kier alpha value is -1.80. The molecule has 2 heteroatoms. The second-order valence-electron chi connectivity index (χ2n) is 5.77. The SMILES string of the molecule is CCCOc1cccc(CNCCC2=CC(C)C=CC=C2)c1. The third kappa shape index (κ3) is 5.90. The van der Waals surface area contributed by atoms with Gasteiger partial charge in [-0.15, -0.1) is 0 Å². The Morgan fingerprint density at radius 2 is 2.14 bits per heavy atom. The Kier molecular flexibility index (Phi) is 6.98. The number of rotatable bonds is 8. The minimum Gasteiger partial charge on any atom is -0.494 e. The Balaban J connectivity index is 1.74. The summed E-state index contributed by atoms with van der Waals surface area (Å²) >= 11 is 0. The highest BCUT2D eigenvalue weighted by Gasteiger charge is 2.00. The topological polar surface area (TPSA) is 21.3 Å². The number of benzene rings is 1. The van der Waals surface area contributed by atoms with Crippen molar-refractivity contribution in [1.29, 1.82) is 0 Å². The number of ether oxygens (including phenoxy) is 1. The molecule has 0 heterocycles. The lowest BCUT2D eigenvalue weighted by atomic mass is 10.1. The molecule has 0 saturated heterocycles. The van der Waals surface area contributed by atoms with Crippen molar-refractivity contribution in [3.8, 4) is 5.75 Å². The molecule has 118 valence electrons. The van der Waals surface area contributed by atoms with Crippen LogP contribution in [0.25, 0.3) is 0 Å². The lowest BCUT2D eigenvalue weighted by molar-refractivity contribution is 0.317. The van der Waals surface area contributed by atoms with Crippen molar-refractivity contribution < 1.29 is 4.74 Å². The predicted molar refractivity (Wildman–Crippen MR) is 94.1 cm³/mol. The number of nitrogens with one attached hydrogen (secondary N) is 1. The van der Waals surface area contributed by atoms with Gasteiger partial charge in [-0.1, -0.05) is 61.9 Å². The van der Waals surface area contributed by atoms with Gasteiger partial charge in [0.25, 0.3) is 0 Å². The van der Waals surface area contributed by atoms with Crippen molar-refractivity contribution in [2.24, 2.45) is 5.92 Å². The zero-order chi connectivity index (χ0) is 15.6. The van der Waals surface area contributed by atoms with E-state index in [0.717, 1.165) is 38.3 Å². The van der Waals surface area contributed by atoms with Crippen LogP contribution >= 0.6 is 0 Å². The summed E-state index contributed by atoms with van der Waals surface area (Å²) in [5.74, 6) is 1.49. The van der Waals surface area contributed by atoms with Crippen LogP contribution in [0.15, 0.2) is 60.2 Å². The predicted octanol–water partition coefficient (Wildman–Crippen LogP) is 4.64. The standard InChI is InChI=1S/C20H27NO/c1-3-13-22-20-10-6-9-19(15-20)16-21-12-11-18-8-5-4-7-17(2)14-18/h4-10,14-15,17,21H,3,11-13,16H2,1-2H3.